The van der Waals surface area contributed by atoms with Gasteiger partial charge in [0, 0.05) is 5.70 Å². The Morgan fingerprint density at radius 2 is 1.94 bits per heavy atom. The molecule has 1 aromatic heterocycles. The minimum atomic E-state index is -0.584. The van der Waals surface area contributed by atoms with Gasteiger partial charge in [-0.3, -0.25) is 4.79 Å². The maximum atomic E-state index is 13.6. The number of fused-ring (bicyclic) bond motifs is 1. The third kappa shape index (κ3) is 5.06. The molecule has 1 aliphatic heterocycles. The molecule has 10 nitrogen and oxygen atoms in total. The molecule has 35 heavy (non-hydrogen) atoms. The van der Waals surface area contributed by atoms with Crippen molar-refractivity contribution in [3.05, 3.63) is 59.3 Å². The maximum absolute atomic E-state index is 13.6. The second-order valence-corrected chi connectivity index (χ2v) is 8.01. The first-order chi connectivity index (χ1) is 17.1. The Bertz CT molecular complexity index is 1220. The highest BCUT2D eigenvalue weighted by Gasteiger charge is 2.34. The summed E-state index contributed by atoms with van der Waals surface area (Å²) in [4.78, 5) is 13.6. The Morgan fingerprint density at radius 3 is 2.71 bits per heavy atom. The SMILES string of the molecule is CCCCOc1ccc(C2C(C(=O)Nc3ccccc3OCC)=C(C)Nc3nnnn32)cc1OC. The fraction of sp³-hybridized carbons (Fsp3) is 0.360. The predicted molar refractivity (Wildman–Crippen MR) is 132 cm³/mol. The first-order valence-corrected chi connectivity index (χ1v) is 11.7. The van der Waals surface area contributed by atoms with Gasteiger partial charge in [0.15, 0.2) is 11.5 Å². The van der Waals surface area contributed by atoms with Crippen LogP contribution in [-0.4, -0.2) is 46.4 Å². The predicted octanol–water partition coefficient (Wildman–Crippen LogP) is 4.19. The number of rotatable bonds is 10. The summed E-state index contributed by atoms with van der Waals surface area (Å²) in [5, 5.41) is 18.1. The number of carbonyl (C=O) groups is 1. The number of allylic oxidation sites excluding steroid dienone is 1. The number of methoxy groups -OCH3 is 1. The molecule has 3 aromatic rings. The van der Waals surface area contributed by atoms with E-state index < -0.39 is 6.04 Å². The Balaban J connectivity index is 1.71. The van der Waals surface area contributed by atoms with Crippen LogP contribution in [0.3, 0.4) is 0 Å². The van der Waals surface area contributed by atoms with Crippen molar-refractivity contribution in [1.82, 2.24) is 20.2 Å². The number of hydrogen-bond acceptors (Lipinski definition) is 8. The van der Waals surface area contributed by atoms with Crippen molar-refractivity contribution in [2.45, 2.75) is 39.7 Å². The van der Waals surface area contributed by atoms with Crippen LogP contribution in [0.2, 0.25) is 0 Å². The van der Waals surface area contributed by atoms with E-state index in [4.69, 9.17) is 14.2 Å². The minimum absolute atomic E-state index is 0.296. The van der Waals surface area contributed by atoms with E-state index in [9.17, 15) is 4.79 Å². The van der Waals surface area contributed by atoms with E-state index in [1.165, 1.54) is 0 Å². The second kappa shape index (κ2) is 10.9. The van der Waals surface area contributed by atoms with Crippen LogP contribution in [0, 0.1) is 0 Å². The number of aromatic nitrogens is 4. The van der Waals surface area contributed by atoms with Crippen LogP contribution >= 0.6 is 0 Å². The third-order valence-electron chi connectivity index (χ3n) is 5.65. The van der Waals surface area contributed by atoms with Gasteiger partial charge in [0.2, 0.25) is 5.95 Å². The topological polar surface area (TPSA) is 112 Å². The molecule has 1 unspecified atom stereocenters. The first kappa shape index (κ1) is 24.1. The largest absolute Gasteiger partial charge is 0.493 e. The van der Waals surface area contributed by atoms with Gasteiger partial charge in [0.25, 0.3) is 5.91 Å². The number of tetrazole rings is 1. The van der Waals surface area contributed by atoms with E-state index >= 15 is 0 Å². The van der Waals surface area contributed by atoms with Crippen molar-refractivity contribution in [2.75, 3.05) is 31.0 Å². The summed E-state index contributed by atoms with van der Waals surface area (Å²) in [6.45, 7) is 6.92. The fourth-order valence-electron chi connectivity index (χ4n) is 3.96. The number of hydrogen-bond donors (Lipinski definition) is 2. The average molecular weight is 479 g/mol. The molecule has 2 heterocycles. The highest BCUT2D eigenvalue weighted by atomic mass is 16.5. The molecule has 184 valence electrons. The number of benzene rings is 2. The van der Waals surface area contributed by atoms with Gasteiger partial charge in [0.05, 0.1) is 31.6 Å². The Labute approximate surface area is 204 Å². The molecule has 0 saturated carbocycles. The van der Waals surface area contributed by atoms with Crippen LogP contribution in [-0.2, 0) is 4.79 Å². The summed E-state index contributed by atoms with van der Waals surface area (Å²) in [5.74, 6) is 1.97. The van der Waals surface area contributed by atoms with Crippen LogP contribution in [0.5, 0.6) is 17.2 Å². The lowest BCUT2D eigenvalue weighted by molar-refractivity contribution is -0.113. The highest BCUT2D eigenvalue weighted by molar-refractivity contribution is 6.06. The van der Waals surface area contributed by atoms with E-state index in [-0.39, 0.29) is 5.91 Å². The van der Waals surface area contributed by atoms with Crippen molar-refractivity contribution in [3.8, 4) is 17.2 Å². The average Bonchev–Trinajstić information content (AvgIpc) is 3.33. The zero-order valence-electron chi connectivity index (χ0n) is 20.4. The Kier molecular flexibility index (Phi) is 7.49. The molecule has 0 bridgehead atoms. The lowest BCUT2D eigenvalue weighted by atomic mass is 9.94. The van der Waals surface area contributed by atoms with Gasteiger partial charge in [-0.25, -0.2) is 0 Å². The van der Waals surface area contributed by atoms with Crippen LogP contribution in [0.4, 0.5) is 11.6 Å². The van der Waals surface area contributed by atoms with Gasteiger partial charge in [-0.2, -0.15) is 4.68 Å². The van der Waals surface area contributed by atoms with E-state index in [1.54, 1.807) is 17.9 Å². The molecule has 4 rings (SSSR count). The molecule has 0 radical (unpaired) electrons. The van der Waals surface area contributed by atoms with Crippen molar-refractivity contribution < 1.29 is 19.0 Å². The summed E-state index contributed by atoms with van der Waals surface area (Å²) < 4.78 is 18.8. The van der Waals surface area contributed by atoms with Crippen LogP contribution in [0.25, 0.3) is 0 Å². The summed E-state index contributed by atoms with van der Waals surface area (Å²) in [7, 11) is 1.59. The maximum Gasteiger partial charge on any atom is 0.255 e. The number of para-hydroxylation sites is 2. The number of nitrogens with zero attached hydrogens (tertiary/aromatic N) is 4. The molecule has 1 aliphatic rings. The minimum Gasteiger partial charge on any atom is -0.493 e. The number of amides is 1. The molecular weight excluding hydrogens is 448 g/mol. The molecule has 2 N–H and O–H groups in total. The summed E-state index contributed by atoms with van der Waals surface area (Å²) >= 11 is 0. The van der Waals surface area contributed by atoms with E-state index in [2.05, 4.69) is 33.1 Å². The molecule has 0 spiro atoms. The second-order valence-electron chi connectivity index (χ2n) is 8.01. The van der Waals surface area contributed by atoms with Crippen molar-refractivity contribution in [2.24, 2.45) is 0 Å². The lowest BCUT2D eigenvalue weighted by Crippen LogP contribution is -2.31. The molecule has 1 amide bonds. The molecular formula is C25H30N6O4. The van der Waals surface area contributed by atoms with Gasteiger partial charge >= 0.3 is 0 Å². The lowest BCUT2D eigenvalue weighted by Gasteiger charge is -2.28. The quantitative estimate of drug-likeness (QED) is 0.417. The number of unbranched alkanes of at least 4 members (excludes halogenated alkanes) is 1. The number of anilines is 2. The number of ether oxygens (including phenoxy) is 3. The molecule has 0 aliphatic carbocycles. The molecule has 2 aromatic carbocycles. The van der Waals surface area contributed by atoms with Crippen LogP contribution in [0.15, 0.2) is 53.7 Å². The van der Waals surface area contributed by atoms with Crippen LogP contribution < -0.4 is 24.8 Å². The molecule has 10 heteroatoms. The fourth-order valence-corrected chi connectivity index (χ4v) is 3.96. The smallest absolute Gasteiger partial charge is 0.255 e. The Hall–Kier alpha value is -4.08. The van der Waals surface area contributed by atoms with E-state index in [0.29, 0.717) is 53.4 Å². The van der Waals surface area contributed by atoms with Crippen molar-refractivity contribution in [1.29, 1.82) is 0 Å². The van der Waals surface area contributed by atoms with Gasteiger partial charge in [-0.1, -0.05) is 36.6 Å². The van der Waals surface area contributed by atoms with E-state index in [0.717, 1.165) is 18.4 Å². The number of carbonyl (C=O) groups excluding carboxylic acids is 1. The van der Waals surface area contributed by atoms with Crippen molar-refractivity contribution in [3.63, 3.8) is 0 Å². The van der Waals surface area contributed by atoms with Gasteiger partial charge in [0.1, 0.15) is 11.8 Å². The molecule has 0 fully saturated rings. The monoisotopic (exact) mass is 478 g/mol. The third-order valence-corrected chi connectivity index (χ3v) is 5.65. The highest BCUT2D eigenvalue weighted by Crippen LogP contribution is 2.39. The zero-order chi connectivity index (χ0) is 24.8. The summed E-state index contributed by atoms with van der Waals surface area (Å²) in [6, 6.07) is 12.4. The normalized spacial score (nSPS) is 14.7. The first-order valence-electron chi connectivity index (χ1n) is 11.7. The molecule has 1 atom stereocenters. The van der Waals surface area contributed by atoms with Gasteiger partial charge in [-0.15, -0.1) is 0 Å². The van der Waals surface area contributed by atoms with Gasteiger partial charge < -0.3 is 24.8 Å². The Morgan fingerprint density at radius 1 is 1.11 bits per heavy atom. The number of nitrogens with one attached hydrogen (secondary N) is 2. The van der Waals surface area contributed by atoms with Crippen molar-refractivity contribution >= 4 is 17.5 Å². The zero-order valence-corrected chi connectivity index (χ0v) is 20.4. The van der Waals surface area contributed by atoms with Crippen LogP contribution in [0.1, 0.15) is 45.2 Å². The van der Waals surface area contributed by atoms with Gasteiger partial charge in [-0.05, 0) is 60.5 Å². The standard InChI is InChI=1S/C25H30N6O4/c1-5-7-14-35-20-13-12-17(15-21(20)33-4)23-22(16(3)26-25-28-29-30-31(23)25)24(32)27-18-10-8-9-11-19(18)34-6-2/h8-13,15,23H,5-7,14H2,1-4H3,(H,27,32)(H,26,28,30). The summed E-state index contributed by atoms with van der Waals surface area (Å²) in [6.07, 6.45) is 1.98. The van der Waals surface area contributed by atoms with E-state index in [1.807, 2.05) is 50.2 Å². The molecule has 0 saturated heterocycles. The summed E-state index contributed by atoms with van der Waals surface area (Å²) in [5.41, 5.74) is 2.48.